The van der Waals surface area contributed by atoms with Crippen LogP contribution in [-0.2, 0) is 6.54 Å². The number of hydrogen-bond donors (Lipinski definition) is 0. The molecule has 0 N–H and O–H groups in total. The largest absolute Gasteiger partial charge is 0.474 e. The number of aryl methyl sites for hydroxylation is 1. The third-order valence-electron chi connectivity index (χ3n) is 4.84. The highest BCUT2D eigenvalue weighted by Crippen LogP contribution is 2.26. The first-order valence-corrected chi connectivity index (χ1v) is 9.05. The SMILES string of the molecule is Cc1nc(OC2CCN(Cc3ccccc3F)CC2)c2ccccc2n1. The summed E-state index contributed by atoms with van der Waals surface area (Å²) in [5, 5.41) is 0.951. The van der Waals surface area contributed by atoms with E-state index in [1.54, 1.807) is 6.07 Å². The lowest BCUT2D eigenvalue weighted by Gasteiger charge is -2.32. The van der Waals surface area contributed by atoms with Gasteiger partial charge in [0.1, 0.15) is 17.7 Å². The zero-order valence-electron chi connectivity index (χ0n) is 14.9. The van der Waals surface area contributed by atoms with Crippen LogP contribution in [0.2, 0.25) is 0 Å². The monoisotopic (exact) mass is 351 g/mol. The molecule has 0 spiro atoms. The van der Waals surface area contributed by atoms with E-state index >= 15 is 0 Å². The van der Waals surface area contributed by atoms with Crippen LogP contribution in [0.3, 0.4) is 0 Å². The minimum atomic E-state index is -0.131. The molecule has 1 aromatic heterocycles. The summed E-state index contributed by atoms with van der Waals surface area (Å²) >= 11 is 0. The molecule has 3 aromatic rings. The maximum absolute atomic E-state index is 13.8. The van der Waals surface area contributed by atoms with Gasteiger partial charge < -0.3 is 4.74 Å². The van der Waals surface area contributed by atoms with Crippen LogP contribution in [0.5, 0.6) is 5.88 Å². The molecule has 5 heteroatoms. The summed E-state index contributed by atoms with van der Waals surface area (Å²) in [7, 11) is 0. The lowest BCUT2D eigenvalue weighted by atomic mass is 10.1. The minimum Gasteiger partial charge on any atom is -0.474 e. The summed E-state index contributed by atoms with van der Waals surface area (Å²) in [6.07, 6.45) is 1.95. The van der Waals surface area contributed by atoms with Crippen LogP contribution in [0.25, 0.3) is 10.9 Å². The van der Waals surface area contributed by atoms with Crippen molar-refractivity contribution < 1.29 is 9.13 Å². The number of ether oxygens (including phenoxy) is 1. The van der Waals surface area contributed by atoms with E-state index < -0.39 is 0 Å². The van der Waals surface area contributed by atoms with Gasteiger partial charge in [-0.25, -0.2) is 9.37 Å². The molecule has 0 atom stereocenters. The number of fused-ring (bicyclic) bond motifs is 1. The number of hydrogen-bond acceptors (Lipinski definition) is 4. The second-order valence-electron chi connectivity index (χ2n) is 6.78. The van der Waals surface area contributed by atoms with Crippen LogP contribution in [-0.4, -0.2) is 34.1 Å². The van der Waals surface area contributed by atoms with Crippen molar-refractivity contribution in [3.63, 3.8) is 0 Å². The van der Waals surface area contributed by atoms with Gasteiger partial charge in [-0.1, -0.05) is 30.3 Å². The number of para-hydroxylation sites is 1. The van der Waals surface area contributed by atoms with Crippen molar-refractivity contribution in [1.82, 2.24) is 14.9 Å². The van der Waals surface area contributed by atoms with E-state index in [0.29, 0.717) is 12.4 Å². The van der Waals surface area contributed by atoms with E-state index in [1.807, 2.05) is 43.3 Å². The van der Waals surface area contributed by atoms with Gasteiger partial charge in [0.25, 0.3) is 0 Å². The van der Waals surface area contributed by atoms with E-state index in [1.165, 1.54) is 6.07 Å². The Morgan fingerprint density at radius 1 is 1.04 bits per heavy atom. The van der Waals surface area contributed by atoms with Gasteiger partial charge in [0, 0.05) is 25.2 Å². The van der Waals surface area contributed by atoms with E-state index in [2.05, 4.69) is 14.9 Å². The number of benzene rings is 2. The van der Waals surface area contributed by atoms with Crippen molar-refractivity contribution in [3.05, 3.63) is 65.7 Å². The van der Waals surface area contributed by atoms with Crippen LogP contribution in [0.4, 0.5) is 4.39 Å². The first kappa shape index (κ1) is 16.9. The molecular formula is C21H22FN3O. The summed E-state index contributed by atoms with van der Waals surface area (Å²) in [6.45, 7) is 4.31. The highest BCUT2D eigenvalue weighted by molar-refractivity contribution is 5.83. The van der Waals surface area contributed by atoms with Crippen molar-refractivity contribution in [1.29, 1.82) is 0 Å². The second-order valence-corrected chi connectivity index (χ2v) is 6.78. The van der Waals surface area contributed by atoms with Crippen LogP contribution < -0.4 is 4.74 Å². The maximum atomic E-state index is 13.8. The molecule has 0 amide bonds. The number of piperidine rings is 1. The molecule has 1 saturated heterocycles. The van der Waals surface area contributed by atoms with E-state index in [0.717, 1.165) is 48.2 Å². The lowest BCUT2D eigenvalue weighted by Crippen LogP contribution is -2.38. The van der Waals surface area contributed by atoms with Gasteiger partial charge in [-0.3, -0.25) is 4.90 Å². The molecule has 1 fully saturated rings. The summed E-state index contributed by atoms with van der Waals surface area (Å²) in [5.41, 5.74) is 1.66. The van der Waals surface area contributed by atoms with Crippen LogP contribution in [0.1, 0.15) is 24.2 Å². The summed E-state index contributed by atoms with van der Waals surface area (Å²) in [4.78, 5) is 11.2. The first-order chi connectivity index (χ1) is 12.7. The lowest BCUT2D eigenvalue weighted by molar-refractivity contribution is 0.0937. The Labute approximate surface area is 152 Å². The molecule has 1 aliphatic heterocycles. The smallest absolute Gasteiger partial charge is 0.224 e. The Morgan fingerprint density at radius 2 is 1.77 bits per heavy atom. The Morgan fingerprint density at radius 3 is 2.58 bits per heavy atom. The van der Waals surface area contributed by atoms with Gasteiger partial charge >= 0.3 is 0 Å². The second kappa shape index (κ2) is 7.38. The van der Waals surface area contributed by atoms with E-state index in [4.69, 9.17) is 4.74 Å². The first-order valence-electron chi connectivity index (χ1n) is 9.05. The van der Waals surface area contributed by atoms with Crippen LogP contribution in [0.15, 0.2) is 48.5 Å². The average molecular weight is 351 g/mol. The third kappa shape index (κ3) is 3.68. The predicted octanol–water partition coefficient (Wildman–Crippen LogP) is 4.12. The fourth-order valence-corrected chi connectivity index (χ4v) is 3.46. The zero-order valence-corrected chi connectivity index (χ0v) is 14.9. The summed E-state index contributed by atoms with van der Waals surface area (Å²) in [5.74, 6) is 1.25. The highest BCUT2D eigenvalue weighted by Gasteiger charge is 2.22. The zero-order chi connectivity index (χ0) is 17.9. The maximum Gasteiger partial charge on any atom is 0.224 e. The van der Waals surface area contributed by atoms with Crippen molar-refractivity contribution in [2.45, 2.75) is 32.4 Å². The van der Waals surface area contributed by atoms with Gasteiger partial charge in [0.15, 0.2) is 0 Å². The molecule has 0 aliphatic carbocycles. The topological polar surface area (TPSA) is 38.2 Å². The number of nitrogens with zero attached hydrogens (tertiary/aromatic N) is 3. The molecule has 0 unspecified atom stereocenters. The Bertz CT molecular complexity index is 907. The minimum absolute atomic E-state index is 0.129. The molecule has 26 heavy (non-hydrogen) atoms. The van der Waals surface area contributed by atoms with E-state index in [-0.39, 0.29) is 11.9 Å². The molecule has 0 bridgehead atoms. The Balaban J connectivity index is 1.41. The van der Waals surface area contributed by atoms with Crippen LogP contribution >= 0.6 is 0 Å². The summed E-state index contributed by atoms with van der Waals surface area (Å²) in [6, 6.07) is 14.9. The number of aromatic nitrogens is 2. The molecule has 4 rings (SSSR count). The fraction of sp³-hybridized carbons (Fsp3) is 0.333. The summed E-state index contributed by atoms with van der Waals surface area (Å²) < 4.78 is 20.0. The number of rotatable bonds is 4. The van der Waals surface area contributed by atoms with Crippen LogP contribution in [0, 0.1) is 12.7 Å². The van der Waals surface area contributed by atoms with Crippen molar-refractivity contribution >= 4 is 10.9 Å². The standard InChI is InChI=1S/C21H22FN3O/c1-15-23-20-9-5-3-7-18(20)21(24-15)26-17-10-12-25(13-11-17)14-16-6-2-4-8-19(16)22/h2-9,17H,10-14H2,1H3. The average Bonchev–Trinajstić information content (AvgIpc) is 2.65. The fourth-order valence-electron chi connectivity index (χ4n) is 3.46. The van der Waals surface area contributed by atoms with Gasteiger partial charge in [0.2, 0.25) is 5.88 Å². The highest BCUT2D eigenvalue weighted by atomic mass is 19.1. The molecule has 2 heterocycles. The molecular weight excluding hydrogens is 329 g/mol. The predicted molar refractivity (Wildman–Crippen MR) is 99.6 cm³/mol. The molecule has 2 aromatic carbocycles. The quantitative estimate of drug-likeness (QED) is 0.709. The number of halogens is 1. The van der Waals surface area contributed by atoms with Crippen molar-refractivity contribution in [2.24, 2.45) is 0 Å². The molecule has 0 saturated carbocycles. The van der Waals surface area contributed by atoms with Gasteiger partial charge in [-0.2, -0.15) is 4.98 Å². The van der Waals surface area contributed by atoms with Gasteiger partial charge in [-0.15, -0.1) is 0 Å². The van der Waals surface area contributed by atoms with E-state index in [9.17, 15) is 4.39 Å². The molecule has 0 radical (unpaired) electrons. The molecule has 134 valence electrons. The molecule has 1 aliphatic rings. The van der Waals surface area contributed by atoms with Crippen molar-refractivity contribution in [3.8, 4) is 5.88 Å². The Hall–Kier alpha value is -2.53. The number of likely N-dealkylation sites (tertiary alicyclic amines) is 1. The Kier molecular flexibility index (Phi) is 4.80. The molecule has 4 nitrogen and oxygen atoms in total. The normalized spacial score (nSPS) is 16.1. The van der Waals surface area contributed by atoms with Gasteiger partial charge in [-0.05, 0) is 38.0 Å². The van der Waals surface area contributed by atoms with Gasteiger partial charge in [0.05, 0.1) is 10.9 Å². The third-order valence-corrected chi connectivity index (χ3v) is 4.84. The van der Waals surface area contributed by atoms with Crippen molar-refractivity contribution in [2.75, 3.05) is 13.1 Å².